The number of nitrogens with zero attached hydrogens (tertiary/aromatic N) is 3. The van der Waals surface area contributed by atoms with Gasteiger partial charge in [-0.2, -0.15) is 0 Å². The third-order valence-electron chi connectivity index (χ3n) is 8.82. The number of benzene rings is 1. The fraction of sp³-hybridized carbons (Fsp3) is 0.593. The molecule has 0 amide bonds. The number of carboxylic acid groups (broad SMARTS) is 1. The Morgan fingerprint density at radius 2 is 2.00 bits per heavy atom. The first-order chi connectivity index (χ1) is 17.8. The molecule has 3 aliphatic carbocycles. The number of halogens is 1. The summed E-state index contributed by atoms with van der Waals surface area (Å²) in [6.45, 7) is 3.81. The third-order valence-corrected chi connectivity index (χ3v) is 9.18. The maximum atomic E-state index is 15.7. The molecule has 198 valence electrons. The highest BCUT2D eigenvalue weighted by Crippen LogP contribution is 2.45. The minimum absolute atomic E-state index is 0.0350. The lowest BCUT2D eigenvalue weighted by Crippen LogP contribution is -2.58. The molecule has 4 fully saturated rings. The summed E-state index contributed by atoms with van der Waals surface area (Å²) in [6.07, 6.45) is 8.27. The highest BCUT2D eigenvalue weighted by molar-refractivity contribution is 7.80. The maximum absolute atomic E-state index is 15.7. The van der Waals surface area contributed by atoms with E-state index in [-0.39, 0.29) is 28.8 Å². The molecule has 0 unspecified atom stereocenters. The standard InChI is InChI=1S/C27H33FN4O4S/c1-14-12-30(7-8-31(14)27(37)29-21-10-15-3-4-16(21)9-15)23-20(28)11-18-22(25(23)36-2)32(17-5-6-17)13-19(24(18)33)26(34)35/h11,13-17,21H,3-10,12H2,1-2H3,(H,29,37)(H,34,35)/t14-,15+,16+,21+/m0/s1. The van der Waals surface area contributed by atoms with Crippen LogP contribution in [0.1, 0.15) is 61.8 Å². The van der Waals surface area contributed by atoms with Gasteiger partial charge in [-0.3, -0.25) is 4.79 Å². The van der Waals surface area contributed by atoms with Crippen LogP contribution in [-0.2, 0) is 0 Å². The number of nitrogens with one attached hydrogen (secondary N) is 1. The Morgan fingerprint density at radius 3 is 2.59 bits per heavy atom. The average molecular weight is 529 g/mol. The van der Waals surface area contributed by atoms with Gasteiger partial charge in [-0.1, -0.05) is 6.42 Å². The molecule has 4 aliphatic rings. The van der Waals surface area contributed by atoms with Crippen LogP contribution in [0, 0.1) is 17.7 Å². The summed E-state index contributed by atoms with van der Waals surface area (Å²) in [7, 11) is 1.47. The summed E-state index contributed by atoms with van der Waals surface area (Å²) in [6, 6.07) is 1.76. The van der Waals surface area contributed by atoms with Gasteiger partial charge in [0.1, 0.15) is 11.3 Å². The molecule has 10 heteroatoms. The summed E-state index contributed by atoms with van der Waals surface area (Å²) in [5, 5.41) is 14.0. The van der Waals surface area contributed by atoms with Crippen LogP contribution in [0.5, 0.6) is 5.75 Å². The van der Waals surface area contributed by atoms with Crippen LogP contribution in [0.2, 0.25) is 0 Å². The van der Waals surface area contributed by atoms with Gasteiger partial charge < -0.3 is 29.5 Å². The van der Waals surface area contributed by atoms with Crippen molar-refractivity contribution in [2.75, 3.05) is 31.6 Å². The number of ether oxygens (including phenoxy) is 1. The predicted octanol–water partition coefficient (Wildman–Crippen LogP) is 3.76. The van der Waals surface area contributed by atoms with Gasteiger partial charge in [0.2, 0.25) is 5.43 Å². The number of pyridine rings is 1. The van der Waals surface area contributed by atoms with E-state index in [2.05, 4.69) is 17.1 Å². The molecule has 4 atom stereocenters. The van der Waals surface area contributed by atoms with Gasteiger partial charge in [0.05, 0.1) is 18.0 Å². The number of thiocarbonyl (C=S) groups is 1. The van der Waals surface area contributed by atoms with E-state index in [4.69, 9.17) is 17.0 Å². The van der Waals surface area contributed by atoms with Crippen molar-refractivity contribution in [3.05, 3.63) is 33.9 Å². The Hall–Kier alpha value is -2.88. The number of hydrogen-bond acceptors (Lipinski definition) is 5. The first-order valence-corrected chi connectivity index (χ1v) is 13.7. The van der Waals surface area contributed by atoms with E-state index in [0.29, 0.717) is 36.9 Å². The van der Waals surface area contributed by atoms with Crippen LogP contribution >= 0.6 is 12.2 Å². The fourth-order valence-corrected chi connectivity index (χ4v) is 7.27. The summed E-state index contributed by atoms with van der Waals surface area (Å²) >= 11 is 5.81. The van der Waals surface area contributed by atoms with Crippen molar-refractivity contribution in [1.29, 1.82) is 0 Å². The number of aromatic carboxylic acids is 1. The molecular weight excluding hydrogens is 495 g/mol. The van der Waals surface area contributed by atoms with E-state index in [9.17, 15) is 14.7 Å². The van der Waals surface area contributed by atoms with Crippen LogP contribution < -0.4 is 20.4 Å². The van der Waals surface area contributed by atoms with Crippen molar-refractivity contribution < 1.29 is 19.0 Å². The maximum Gasteiger partial charge on any atom is 0.341 e. The number of fused-ring (bicyclic) bond motifs is 3. The zero-order valence-electron chi connectivity index (χ0n) is 21.2. The van der Waals surface area contributed by atoms with E-state index in [0.717, 1.165) is 29.8 Å². The first-order valence-electron chi connectivity index (χ1n) is 13.3. The Kier molecular flexibility index (Phi) is 6.05. The van der Waals surface area contributed by atoms with Gasteiger partial charge in [0.25, 0.3) is 0 Å². The van der Waals surface area contributed by atoms with Gasteiger partial charge in [-0.25, -0.2) is 9.18 Å². The Bertz CT molecular complexity index is 1340. The molecule has 2 N–H and O–H groups in total. The van der Waals surface area contributed by atoms with Gasteiger partial charge in [-0.05, 0) is 69.1 Å². The summed E-state index contributed by atoms with van der Waals surface area (Å²) in [5.74, 6) is -0.0672. The SMILES string of the molecule is COc1c(N2CCN(C(=S)N[C@@H]3C[C@@H]4CC[C@@H]3C4)[C@@H](C)C2)c(F)cc2c(=O)c(C(=O)O)cn(C3CC3)c12. The van der Waals surface area contributed by atoms with E-state index in [1.165, 1.54) is 45.1 Å². The number of methoxy groups -OCH3 is 1. The fourth-order valence-electron chi connectivity index (χ4n) is 6.85. The quantitative estimate of drug-likeness (QED) is 0.568. The zero-order chi connectivity index (χ0) is 26.0. The highest BCUT2D eigenvalue weighted by Gasteiger charge is 2.41. The number of anilines is 1. The molecular formula is C27H33FN4O4S. The van der Waals surface area contributed by atoms with Crippen LogP contribution in [0.3, 0.4) is 0 Å². The topological polar surface area (TPSA) is 87.0 Å². The summed E-state index contributed by atoms with van der Waals surface area (Å²) in [5.41, 5.74) is -0.281. The molecule has 2 heterocycles. The summed E-state index contributed by atoms with van der Waals surface area (Å²) in [4.78, 5) is 28.8. The zero-order valence-corrected chi connectivity index (χ0v) is 22.0. The number of rotatable bonds is 5. The van der Waals surface area contributed by atoms with Crippen molar-refractivity contribution in [1.82, 2.24) is 14.8 Å². The molecule has 0 radical (unpaired) electrons. The smallest absolute Gasteiger partial charge is 0.341 e. The predicted molar refractivity (Wildman–Crippen MR) is 143 cm³/mol. The van der Waals surface area contributed by atoms with E-state index in [1.807, 2.05) is 4.90 Å². The second-order valence-corrected chi connectivity index (χ2v) is 11.6. The van der Waals surface area contributed by atoms with E-state index in [1.54, 1.807) is 4.57 Å². The molecule has 1 aromatic heterocycles. The Balaban J connectivity index is 1.30. The molecule has 1 saturated heterocycles. The normalized spacial score (nSPS) is 27.1. The van der Waals surface area contributed by atoms with Crippen molar-refractivity contribution in [2.45, 2.75) is 63.6 Å². The number of piperazine rings is 1. The molecule has 2 bridgehead atoms. The van der Waals surface area contributed by atoms with Crippen LogP contribution in [-0.4, -0.2) is 64.5 Å². The lowest BCUT2D eigenvalue weighted by Gasteiger charge is -2.43. The monoisotopic (exact) mass is 528 g/mol. The molecule has 0 spiro atoms. The van der Waals surface area contributed by atoms with E-state index < -0.39 is 17.2 Å². The second kappa shape index (κ2) is 9.15. The van der Waals surface area contributed by atoms with E-state index >= 15 is 4.39 Å². The average Bonchev–Trinajstić information content (AvgIpc) is 3.50. The van der Waals surface area contributed by atoms with Crippen LogP contribution in [0.4, 0.5) is 10.1 Å². The van der Waals surface area contributed by atoms with Crippen LogP contribution in [0.15, 0.2) is 17.1 Å². The lowest BCUT2D eigenvalue weighted by atomic mass is 9.95. The highest BCUT2D eigenvalue weighted by atomic mass is 32.1. The largest absolute Gasteiger partial charge is 0.492 e. The van der Waals surface area contributed by atoms with Gasteiger partial charge in [0, 0.05) is 44.0 Å². The minimum atomic E-state index is -1.32. The van der Waals surface area contributed by atoms with Crippen molar-refractivity contribution in [3.8, 4) is 5.75 Å². The molecule has 2 aromatic rings. The van der Waals surface area contributed by atoms with Crippen LogP contribution in [0.25, 0.3) is 10.9 Å². The second-order valence-electron chi connectivity index (χ2n) is 11.2. The molecule has 1 aliphatic heterocycles. The minimum Gasteiger partial charge on any atom is -0.492 e. The molecule has 8 nitrogen and oxygen atoms in total. The number of carboxylic acids is 1. The van der Waals surface area contributed by atoms with Gasteiger partial charge in [-0.15, -0.1) is 0 Å². The van der Waals surface area contributed by atoms with Crippen molar-refractivity contribution in [2.24, 2.45) is 11.8 Å². The van der Waals surface area contributed by atoms with Gasteiger partial charge >= 0.3 is 5.97 Å². The molecule has 3 saturated carbocycles. The summed E-state index contributed by atoms with van der Waals surface area (Å²) < 4.78 is 23.2. The molecule has 6 rings (SSSR count). The van der Waals surface area contributed by atoms with Crippen molar-refractivity contribution in [3.63, 3.8) is 0 Å². The Morgan fingerprint density at radius 1 is 1.22 bits per heavy atom. The number of hydrogen-bond donors (Lipinski definition) is 2. The molecule has 1 aromatic carbocycles. The third kappa shape index (κ3) is 4.13. The Labute approximate surface area is 220 Å². The molecule has 37 heavy (non-hydrogen) atoms. The number of carbonyl (C=O) groups is 1. The lowest BCUT2D eigenvalue weighted by molar-refractivity contribution is 0.0694. The van der Waals surface area contributed by atoms with Gasteiger partial charge in [0.15, 0.2) is 16.7 Å². The number of aromatic nitrogens is 1. The first kappa shape index (κ1) is 24.5. The van der Waals surface area contributed by atoms with Crippen molar-refractivity contribution >= 4 is 39.9 Å².